The molecule has 1 aromatic heterocycles. The van der Waals surface area contributed by atoms with Gasteiger partial charge in [0.1, 0.15) is 0 Å². The molecule has 25 heavy (non-hydrogen) atoms. The molecule has 0 atom stereocenters. The number of carboxylic acid groups (broad SMARTS) is 1. The quantitative estimate of drug-likeness (QED) is 0.667. The van der Waals surface area contributed by atoms with Crippen molar-refractivity contribution in [1.29, 1.82) is 5.26 Å². The fourth-order valence-corrected chi connectivity index (χ4v) is 3.15. The number of carboxylic acids is 1. The van der Waals surface area contributed by atoms with Gasteiger partial charge in [-0.2, -0.15) is 10.4 Å². The number of benzene rings is 2. The number of halogens is 2. The van der Waals surface area contributed by atoms with Crippen LogP contribution >= 0.6 is 27.5 Å². The predicted octanol–water partition coefficient (Wildman–Crippen LogP) is 4.72. The second-order valence-electron chi connectivity index (χ2n) is 5.19. The molecule has 3 aromatic rings. The second kappa shape index (κ2) is 7.09. The van der Waals surface area contributed by atoms with E-state index < -0.39 is 5.97 Å². The Bertz CT molecular complexity index is 991. The molecule has 0 spiro atoms. The Kier molecular flexibility index (Phi) is 4.88. The smallest absolute Gasteiger partial charge is 0.356 e. The fourth-order valence-electron chi connectivity index (χ4n) is 2.57. The Hall–Kier alpha value is -2.62. The first-order valence-electron chi connectivity index (χ1n) is 7.26. The SMILES string of the molecule is N#CCc1c(C(=O)O)nn(-c2ccccc2Br)c1-c1ccc(Cl)cc1. The van der Waals surface area contributed by atoms with Gasteiger partial charge in [0, 0.05) is 20.6 Å². The van der Waals surface area contributed by atoms with Gasteiger partial charge in [-0.05, 0) is 40.2 Å². The maximum absolute atomic E-state index is 11.6. The van der Waals surface area contributed by atoms with Crippen molar-refractivity contribution in [3.63, 3.8) is 0 Å². The minimum Gasteiger partial charge on any atom is -0.476 e. The number of carbonyl (C=O) groups is 1. The van der Waals surface area contributed by atoms with E-state index in [1.807, 2.05) is 30.3 Å². The van der Waals surface area contributed by atoms with Crippen LogP contribution in [-0.4, -0.2) is 20.9 Å². The Morgan fingerprint density at radius 3 is 2.52 bits per heavy atom. The highest BCUT2D eigenvalue weighted by Crippen LogP contribution is 2.33. The van der Waals surface area contributed by atoms with E-state index in [9.17, 15) is 9.90 Å². The summed E-state index contributed by atoms with van der Waals surface area (Å²) in [5.41, 5.74) is 2.20. The van der Waals surface area contributed by atoms with Gasteiger partial charge in [0.2, 0.25) is 0 Å². The molecule has 0 aliphatic carbocycles. The van der Waals surface area contributed by atoms with Crippen molar-refractivity contribution in [2.24, 2.45) is 0 Å². The second-order valence-corrected chi connectivity index (χ2v) is 6.48. The topological polar surface area (TPSA) is 78.9 Å². The summed E-state index contributed by atoms with van der Waals surface area (Å²) in [7, 11) is 0. The highest BCUT2D eigenvalue weighted by Gasteiger charge is 2.25. The van der Waals surface area contributed by atoms with E-state index in [4.69, 9.17) is 16.9 Å². The zero-order valence-corrected chi connectivity index (χ0v) is 15.1. The van der Waals surface area contributed by atoms with Crippen LogP contribution in [0.4, 0.5) is 0 Å². The number of nitriles is 1. The van der Waals surface area contributed by atoms with Crippen molar-refractivity contribution < 1.29 is 9.90 Å². The lowest BCUT2D eigenvalue weighted by molar-refractivity contribution is 0.0689. The largest absolute Gasteiger partial charge is 0.476 e. The molecule has 0 aliphatic rings. The first kappa shape index (κ1) is 17.2. The van der Waals surface area contributed by atoms with Crippen LogP contribution in [0.15, 0.2) is 53.0 Å². The molecule has 7 heteroatoms. The predicted molar refractivity (Wildman–Crippen MR) is 98.0 cm³/mol. The summed E-state index contributed by atoms with van der Waals surface area (Å²) < 4.78 is 2.30. The number of para-hydroxylation sites is 1. The van der Waals surface area contributed by atoms with Gasteiger partial charge in [-0.15, -0.1) is 0 Å². The fraction of sp³-hybridized carbons (Fsp3) is 0.0556. The third-order valence-electron chi connectivity index (χ3n) is 3.64. The van der Waals surface area contributed by atoms with E-state index in [1.165, 1.54) is 0 Å². The Balaban J connectivity index is 2.36. The zero-order chi connectivity index (χ0) is 18.0. The first-order valence-corrected chi connectivity index (χ1v) is 8.43. The Morgan fingerprint density at radius 1 is 1.24 bits per heavy atom. The van der Waals surface area contributed by atoms with Gasteiger partial charge in [0.25, 0.3) is 0 Å². The minimum absolute atomic E-state index is 0.0654. The lowest BCUT2D eigenvalue weighted by Gasteiger charge is -2.11. The highest BCUT2D eigenvalue weighted by atomic mass is 79.9. The number of aromatic nitrogens is 2. The average molecular weight is 417 g/mol. The zero-order valence-electron chi connectivity index (χ0n) is 12.8. The number of aromatic carboxylic acids is 1. The third kappa shape index (κ3) is 3.29. The molecule has 1 heterocycles. The molecule has 0 unspecified atom stereocenters. The van der Waals surface area contributed by atoms with Crippen LogP contribution in [0.1, 0.15) is 16.1 Å². The molecule has 1 N–H and O–H groups in total. The molecule has 0 radical (unpaired) electrons. The van der Waals surface area contributed by atoms with Crippen LogP contribution in [-0.2, 0) is 6.42 Å². The van der Waals surface area contributed by atoms with Gasteiger partial charge >= 0.3 is 5.97 Å². The lowest BCUT2D eigenvalue weighted by atomic mass is 10.0. The van der Waals surface area contributed by atoms with Crippen LogP contribution in [0.3, 0.4) is 0 Å². The van der Waals surface area contributed by atoms with Gasteiger partial charge in [0.05, 0.1) is 23.9 Å². The van der Waals surface area contributed by atoms with Crippen molar-refractivity contribution in [2.45, 2.75) is 6.42 Å². The van der Waals surface area contributed by atoms with E-state index >= 15 is 0 Å². The molecule has 0 saturated heterocycles. The average Bonchev–Trinajstić information content (AvgIpc) is 2.96. The van der Waals surface area contributed by atoms with Crippen LogP contribution in [0.25, 0.3) is 16.9 Å². The highest BCUT2D eigenvalue weighted by molar-refractivity contribution is 9.10. The molecule has 2 aromatic carbocycles. The number of hydrogen-bond acceptors (Lipinski definition) is 3. The lowest BCUT2D eigenvalue weighted by Crippen LogP contribution is -2.03. The van der Waals surface area contributed by atoms with Crippen LogP contribution < -0.4 is 0 Å². The molecule has 0 aliphatic heterocycles. The third-order valence-corrected chi connectivity index (χ3v) is 4.56. The summed E-state index contributed by atoms with van der Waals surface area (Å²) in [6, 6.07) is 16.3. The maximum atomic E-state index is 11.6. The molecule has 0 fully saturated rings. The monoisotopic (exact) mass is 415 g/mol. The van der Waals surface area contributed by atoms with Crippen molar-refractivity contribution in [3.05, 3.63) is 69.3 Å². The van der Waals surface area contributed by atoms with Crippen molar-refractivity contribution in [3.8, 4) is 23.0 Å². The molecule has 3 rings (SSSR count). The van der Waals surface area contributed by atoms with Gasteiger partial charge in [0.15, 0.2) is 5.69 Å². The summed E-state index contributed by atoms with van der Waals surface area (Å²) >= 11 is 9.43. The van der Waals surface area contributed by atoms with Gasteiger partial charge in [-0.1, -0.05) is 35.9 Å². The number of rotatable bonds is 4. The summed E-state index contributed by atoms with van der Waals surface area (Å²) in [4.78, 5) is 11.6. The van der Waals surface area contributed by atoms with E-state index in [2.05, 4.69) is 21.0 Å². The van der Waals surface area contributed by atoms with Gasteiger partial charge < -0.3 is 5.11 Å². The van der Waals surface area contributed by atoms with E-state index in [0.717, 1.165) is 10.0 Å². The van der Waals surface area contributed by atoms with Crippen LogP contribution in [0.2, 0.25) is 5.02 Å². The van der Waals surface area contributed by atoms with E-state index in [0.29, 0.717) is 22.0 Å². The van der Waals surface area contributed by atoms with Gasteiger partial charge in [-0.3, -0.25) is 0 Å². The van der Waals surface area contributed by atoms with Crippen molar-refractivity contribution in [2.75, 3.05) is 0 Å². The van der Waals surface area contributed by atoms with E-state index in [1.54, 1.807) is 28.9 Å². The van der Waals surface area contributed by atoms with Crippen LogP contribution in [0.5, 0.6) is 0 Å². The van der Waals surface area contributed by atoms with Crippen LogP contribution in [0, 0.1) is 11.3 Å². The number of hydrogen-bond donors (Lipinski definition) is 1. The molecule has 124 valence electrons. The summed E-state index contributed by atoms with van der Waals surface area (Å²) in [6.07, 6.45) is -0.0654. The standard InChI is InChI=1S/C18H11BrClN3O2/c19-14-3-1-2-4-15(14)23-17(11-5-7-12(20)8-6-11)13(9-10-21)16(22-23)18(24)25/h1-8H,9H2,(H,24,25). The molecular weight excluding hydrogens is 406 g/mol. The Morgan fingerprint density at radius 2 is 1.92 bits per heavy atom. The molecular formula is C18H11BrClN3O2. The first-order chi connectivity index (χ1) is 12.0. The summed E-state index contributed by atoms with van der Waals surface area (Å²) in [5, 5.41) is 23.5. The number of nitrogens with zero attached hydrogens (tertiary/aromatic N) is 3. The normalized spacial score (nSPS) is 10.4. The minimum atomic E-state index is -1.17. The van der Waals surface area contributed by atoms with Gasteiger partial charge in [-0.25, -0.2) is 9.48 Å². The van der Waals surface area contributed by atoms with Crippen molar-refractivity contribution >= 4 is 33.5 Å². The summed E-state index contributed by atoms with van der Waals surface area (Å²) in [6.45, 7) is 0. The van der Waals surface area contributed by atoms with Crippen molar-refractivity contribution in [1.82, 2.24) is 9.78 Å². The molecule has 5 nitrogen and oxygen atoms in total. The molecule has 0 saturated carbocycles. The molecule has 0 amide bonds. The van der Waals surface area contributed by atoms with E-state index in [-0.39, 0.29) is 12.1 Å². The molecule has 0 bridgehead atoms. The Labute approximate surface area is 157 Å². The maximum Gasteiger partial charge on any atom is 0.356 e. The summed E-state index contributed by atoms with van der Waals surface area (Å²) in [5.74, 6) is -1.17.